The van der Waals surface area contributed by atoms with Crippen LogP contribution in [-0.4, -0.2) is 17.8 Å². The third-order valence-electron chi connectivity index (χ3n) is 3.85. The summed E-state index contributed by atoms with van der Waals surface area (Å²) in [5.41, 5.74) is -0.200. The van der Waals surface area contributed by atoms with E-state index in [0.29, 0.717) is 12.8 Å². The summed E-state index contributed by atoms with van der Waals surface area (Å²) in [4.78, 5) is 27.7. The number of benzene rings is 1. The molecule has 1 N–H and O–H groups in total. The number of rotatable bonds is 4. The molecule has 1 aromatic carbocycles. The maximum atomic E-state index is 12.2. The normalized spacial score (nSPS) is 21.6. The zero-order valence-electron chi connectivity index (χ0n) is 12.6. The van der Waals surface area contributed by atoms with E-state index >= 15 is 0 Å². The van der Waals surface area contributed by atoms with Crippen molar-refractivity contribution in [2.75, 3.05) is 0 Å². The molecule has 1 unspecified atom stereocenters. The Kier molecular flexibility index (Phi) is 6.13. The Balaban J connectivity index is 0.00000220. The Labute approximate surface area is 146 Å². The first-order valence-corrected chi connectivity index (χ1v) is 6.62. The van der Waals surface area contributed by atoms with E-state index in [1.165, 1.54) is 0 Å². The predicted octanol–water partition coefficient (Wildman–Crippen LogP) is -2.36. The van der Waals surface area contributed by atoms with Gasteiger partial charge in [0.05, 0.1) is 6.02 Å². The second-order valence-electron chi connectivity index (χ2n) is 5.29. The third-order valence-corrected chi connectivity index (χ3v) is 3.85. The first-order valence-electron chi connectivity index (χ1n) is 6.62. The first kappa shape index (κ1) is 17.9. The van der Waals surface area contributed by atoms with Crippen LogP contribution in [0, 0.1) is 11.3 Å². The smallest absolute Gasteiger partial charge is 0.846 e. The van der Waals surface area contributed by atoms with E-state index in [-0.39, 0.29) is 35.5 Å². The molecule has 0 fully saturated rings. The van der Waals surface area contributed by atoms with Gasteiger partial charge in [-0.1, -0.05) is 44.2 Å². The van der Waals surface area contributed by atoms with E-state index in [2.05, 4.69) is 10.3 Å². The molecule has 0 aromatic heterocycles. The molecule has 106 valence electrons. The fraction of sp³-hybridized carbons (Fsp3) is 0.400. The number of hydrogen-bond acceptors (Lipinski definition) is 3. The van der Waals surface area contributed by atoms with Crippen LogP contribution < -0.4 is 40.0 Å². The molecule has 0 spiro atoms. The van der Waals surface area contributed by atoms with Gasteiger partial charge < -0.3 is 10.4 Å². The van der Waals surface area contributed by atoms with Crippen LogP contribution in [0.2, 0.25) is 0 Å². The van der Waals surface area contributed by atoms with Crippen LogP contribution in [0.1, 0.15) is 25.8 Å². The molecule has 2 rings (SSSR count). The maximum absolute atomic E-state index is 12.2. The molecule has 21 heavy (non-hydrogen) atoms. The Morgan fingerprint density at radius 2 is 1.86 bits per heavy atom. The molecule has 0 saturated heterocycles. The van der Waals surface area contributed by atoms with E-state index in [1.807, 2.05) is 30.3 Å². The number of amidine groups is 1. The van der Waals surface area contributed by atoms with Crippen LogP contribution in [0.3, 0.4) is 0 Å². The predicted molar refractivity (Wildman–Crippen MR) is 72.6 cm³/mol. The number of nitrogens with zero attached hydrogens (tertiary/aromatic N) is 1. The van der Waals surface area contributed by atoms with Crippen molar-refractivity contribution in [3.8, 4) is 0 Å². The summed E-state index contributed by atoms with van der Waals surface area (Å²) >= 11 is 0. The number of carbonyl (C=O) groups excluding carboxylic acids is 2. The van der Waals surface area contributed by atoms with E-state index < -0.39 is 23.3 Å². The minimum absolute atomic E-state index is 0. The maximum Gasteiger partial charge on any atom is 1.00 e. The van der Waals surface area contributed by atoms with Gasteiger partial charge in [0.15, 0.2) is 0 Å². The fourth-order valence-electron chi connectivity index (χ4n) is 2.53. The van der Waals surface area contributed by atoms with Crippen molar-refractivity contribution in [3.05, 3.63) is 35.9 Å². The second-order valence-corrected chi connectivity index (χ2v) is 5.29. The van der Waals surface area contributed by atoms with Gasteiger partial charge in [-0.3, -0.25) is 9.59 Å². The molecule has 0 bridgehead atoms. The number of aryl methyl sites for hydroxylation is 1. The average molecular weight is 296 g/mol. The standard InChI is InChI=1S/C15H18N2O3.Na/c1-10(2)15(9-8-11-6-4-3-5-7-11)12(18)16-14(20)17-13(15)19;/h3-7,10H,8-9H2,1-2H3,(H2,16,17,18,19,20);/q;+1/p-1. The molecule has 1 atom stereocenters. The molecule has 0 aliphatic carbocycles. The Bertz CT molecular complexity index is 557. The van der Waals surface area contributed by atoms with E-state index in [4.69, 9.17) is 0 Å². The number of carbonyl (C=O) groups is 2. The van der Waals surface area contributed by atoms with Gasteiger partial charge >= 0.3 is 29.6 Å². The van der Waals surface area contributed by atoms with E-state index in [0.717, 1.165) is 5.56 Å². The van der Waals surface area contributed by atoms with Crippen LogP contribution in [0.5, 0.6) is 0 Å². The third kappa shape index (κ3) is 3.54. The van der Waals surface area contributed by atoms with Crippen LogP contribution >= 0.6 is 0 Å². The van der Waals surface area contributed by atoms with Gasteiger partial charge in [0.25, 0.3) is 5.91 Å². The number of hydrogen-bond donors (Lipinski definition) is 1. The van der Waals surface area contributed by atoms with Gasteiger partial charge in [0.1, 0.15) is 5.41 Å². The Hall–Kier alpha value is -1.17. The van der Waals surface area contributed by atoms with Crippen molar-refractivity contribution in [3.63, 3.8) is 0 Å². The fourth-order valence-corrected chi connectivity index (χ4v) is 2.53. The molecular formula is C15H17N2NaO3. The topological polar surface area (TPSA) is 81.6 Å². The molecule has 2 amide bonds. The minimum atomic E-state index is -1.25. The average Bonchev–Trinajstić information content (AvgIpc) is 2.38. The van der Waals surface area contributed by atoms with E-state index in [9.17, 15) is 14.7 Å². The largest absolute Gasteiger partial charge is 1.00 e. The summed E-state index contributed by atoms with van der Waals surface area (Å²) in [6.07, 6.45) is 0.929. The van der Waals surface area contributed by atoms with Gasteiger partial charge in [-0.15, -0.1) is 0 Å². The minimum Gasteiger partial charge on any atom is -0.846 e. The monoisotopic (exact) mass is 296 g/mol. The molecule has 5 nitrogen and oxygen atoms in total. The zero-order chi connectivity index (χ0) is 14.8. The van der Waals surface area contributed by atoms with Gasteiger partial charge in [-0.2, -0.15) is 0 Å². The zero-order valence-corrected chi connectivity index (χ0v) is 14.6. The number of amides is 2. The van der Waals surface area contributed by atoms with Gasteiger partial charge in [0, 0.05) is 0 Å². The molecule has 1 aliphatic heterocycles. The molecule has 1 aromatic rings. The number of nitrogens with one attached hydrogen (secondary N) is 1. The van der Waals surface area contributed by atoms with Crippen molar-refractivity contribution in [2.45, 2.75) is 26.7 Å². The van der Waals surface area contributed by atoms with Crippen molar-refractivity contribution in [1.29, 1.82) is 0 Å². The summed E-state index contributed by atoms with van der Waals surface area (Å²) in [5, 5.41) is 13.3. The summed E-state index contributed by atoms with van der Waals surface area (Å²) in [6.45, 7) is 3.60. The summed E-state index contributed by atoms with van der Waals surface area (Å²) in [6, 6.07) is 8.76. The molecule has 1 heterocycles. The molecule has 0 saturated carbocycles. The van der Waals surface area contributed by atoms with Gasteiger partial charge in [0.2, 0.25) is 5.91 Å². The van der Waals surface area contributed by atoms with Crippen molar-refractivity contribution >= 4 is 17.8 Å². The van der Waals surface area contributed by atoms with Crippen LogP contribution in [-0.2, 0) is 16.0 Å². The second kappa shape index (κ2) is 7.20. The van der Waals surface area contributed by atoms with Crippen molar-refractivity contribution in [1.82, 2.24) is 5.32 Å². The van der Waals surface area contributed by atoms with E-state index in [1.54, 1.807) is 13.8 Å². The summed E-state index contributed by atoms with van der Waals surface area (Å²) in [5.74, 6) is -1.39. The van der Waals surface area contributed by atoms with Crippen LogP contribution in [0.4, 0.5) is 0 Å². The molecule has 6 heteroatoms. The quantitative estimate of drug-likeness (QED) is 0.498. The summed E-state index contributed by atoms with van der Waals surface area (Å²) < 4.78 is 0. The SMILES string of the molecule is CC(C)C1(CCc2ccccc2)C(=O)N=C([O-])NC1=O.[Na+]. The van der Waals surface area contributed by atoms with Crippen molar-refractivity contribution < 1.29 is 44.3 Å². The van der Waals surface area contributed by atoms with Crippen molar-refractivity contribution in [2.24, 2.45) is 16.3 Å². The Morgan fingerprint density at radius 1 is 1.24 bits per heavy atom. The van der Waals surface area contributed by atoms with Gasteiger partial charge in [-0.25, -0.2) is 4.99 Å². The Morgan fingerprint density at radius 3 is 2.38 bits per heavy atom. The molecule has 1 aliphatic rings. The summed E-state index contributed by atoms with van der Waals surface area (Å²) in [7, 11) is 0. The van der Waals surface area contributed by atoms with Crippen LogP contribution in [0.25, 0.3) is 0 Å². The molecular weight excluding hydrogens is 279 g/mol. The van der Waals surface area contributed by atoms with Crippen LogP contribution in [0.15, 0.2) is 35.3 Å². The molecule has 0 radical (unpaired) electrons. The van der Waals surface area contributed by atoms with Gasteiger partial charge in [-0.05, 0) is 24.3 Å². The first-order chi connectivity index (χ1) is 9.46. The number of aliphatic imine (C=N–C) groups is 1.